The molecule has 0 aromatic carbocycles. The van der Waals surface area contributed by atoms with Gasteiger partial charge in [0.05, 0.1) is 18.3 Å². The average molecular weight is 385 g/mol. The van der Waals surface area contributed by atoms with Crippen molar-refractivity contribution in [2.75, 3.05) is 6.61 Å². The third-order valence-corrected chi connectivity index (χ3v) is 4.86. The highest BCUT2D eigenvalue weighted by Gasteiger charge is 2.44. The van der Waals surface area contributed by atoms with E-state index in [1.54, 1.807) is 6.92 Å². The van der Waals surface area contributed by atoms with Crippen molar-refractivity contribution >= 4 is 0 Å². The zero-order valence-electron chi connectivity index (χ0n) is 18.2. The van der Waals surface area contributed by atoms with E-state index in [2.05, 4.69) is 5.73 Å². The molecular formula is C25H36O3. The molecule has 0 radical (unpaired) electrons. The van der Waals surface area contributed by atoms with Crippen LogP contribution in [0.2, 0.25) is 0 Å². The summed E-state index contributed by atoms with van der Waals surface area (Å²) in [5.74, 6) is 0. The normalized spacial score (nSPS) is 26.8. The van der Waals surface area contributed by atoms with Crippen LogP contribution in [0, 0.1) is 5.41 Å². The first-order valence-corrected chi connectivity index (χ1v) is 9.82. The van der Waals surface area contributed by atoms with Gasteiger partial charge in [-0.25, -0.2) is 0 Å². The number of rotatable bonds is 6. The van der Waals surface area contributed by atoms with E-state index in [1.165, 1.54) is 0 Å². The molecule has 154 valence electrons. The minimum absolute atomic E-state index is 0.0773. The summed E-state index contributed by atoms with van der Waals surface area (Å²) in [5.41, 5.74) is 5.88. The van der Waals surface area contributed by atoms with Crippen molar-refractivity contribution < 1.29 is 15.3 Å². The predicted molar refractivity (Wildman–Crippen MR) is 118 cm³/mol. The molecule has 3 heteroatoms. The van der Waals surface area contributed by atoms with Gasteiger partial charge in [0.25, 0.3) is 0 Å². The lowest BCUT2D eigenvalue weighted by molar-refractivity contribution is -0.0268. The quantitative estimate of drug-likeness (QED) is 0.449. The standard InChI is InChI=1S/C25H36O3/c1-19(10-7-8-11-21(3)18-26)12-9-13-20(2)14-15-23-24(4,5)16-22(27)17-25(23,6)28/h7-14,22,26-28H,16-18H2,1-6H3. The van der Waals surface area contributed by atoms with Crippen molar-refractivity contribution in [1.29, 1.82) is 0 Å². The molecule has 0 heterocycles. The molecule has 1 rings (SSSR count). The molecule has 28 heavy (non-hydrogen) atoms. The molecular weight excluding hydrogens is 348 g/mol. The minimum Gasteiger partial charge on any atom is -0.393 e. The summed E-state index contributed by atoms with van der Waals surface area (Å²) in [5, 5.41) is 29.7. The van der Waals surface area contributed by atoms with E-state index in [-0.39, 0.29) is 12.0 Å². The van der Waals surface area contributed by atoms with E-state index in [4.69, 9.17) is 5.11 Å². The van der Waals surface area contributed by atoms with Gasteiger partial charge in [0.15, 0.2) is 0 Å². The van der Waals surface area contributed by atoms with Gasteiger partial charge in [-0.15, -0.1) is 5.73 Å². The first kappa shape index (κ1) is 24.1. The van der Waals surface area contributed by atoms with Crippen LogP contribution in [0.3, 0.4) is 0 Å². The van der Waals surface area contributed by atoms with Crippen LogP contribution >= 0.6 is 0 Å². The summed E-state index contributed by atoms with van der Waals surface area (Å²) in [6.07, 6.45) is 16.2. The fraction of sp³-hybridized carbons (Fsp3) is 0.480. The number of allylic oxidation sites excluding steroid dienone is 9. The van der Waals surface area contributed by atoms with E-state index in [9.17, 15) is 10.2 Å². The van der Waals surface area contributed by atoms with E-state index in [1.807, 2.05) is 83.2 Å². The fourth-order valence-electron chi connectivity index (χ4n) is 3.53. The van der Waals surface area contributed by atoms with Gasteiger partial charge in [-0.1, -0.05) is 62.0 Å². The van der Waals surface area contributed by atoms with Crippen LogP contribution in [0.25, 0.3) is 0 Å². The van der Waals surface area contributed by atoms with Crippen LogP contribution < -0.4 is 0 Å². The Morgan fingerprint density at radius 3 is 2.21 bits per heavy atom. The van der Waals surface area contributed by atoms with Crippen LogP contribution in [0.4, 0.5) is 0 Å². The predicted octanol–water partition coefficient (Wildman–Crippen LogP) is 4.94. The Kier molecular flexibility index (Phi) is 9.13. The van der Waals surface area contributed by atoms with Gasteiger partial charge in [0, 0.05) is 12.0 Å². The van der Waals surface area contributed by atoms with E-state index < -0.39 is 11.7 Å². The highest BCUT2D eigenvalue weighted by Crippen LogP contribution is 2.45. The Morgan fingerprint density at radius 2 is 1.61 bits per heavy atom. The van der Waals surface area contributed by atoms with Crippen LogP contribution in [0.1, 0.15) is 54.4 Å². The Hall–Kier alpha value is -1.90. The Bertz CT molecular complexity index is 729. The van der Waals surface area contributed by atoms with Gasteiger partial charge in [0.2, 0.25) is 0 Å². The topological polar surface area (TPSA) is 60.7 Å². The molecule has 2 atom stereocenters. The maximum Gasteiger partial charge on any atom is 0.0931 e. The SMILES string of the molecule is CC(C=C=C1C(C)(C)CC(O)CC1(C)O)=CC=CC(C)=CC=CC=C(C)CO. The zero-order valence-corrected chi connectivity index (χ0v) is 18.2. The molecule has 2 unspecified atom stereocenters. The summed E-state index contributed by atoms with van der Waals surface area (Å²) in [6.45, 7) is 11.8. The third-order valence-electron chi connectivity index (χ3n) is 4.86. The molecule has 3 N–H and O–H groups in total. The largest absolute Gasteiger partial charge is 0.393 e. The summed E-state index contributed by atoms with van der Waals surface area (Å²) >= 11 is 0. The molecule has 0 saturated heterocycles. The maximum absolute atomic E-state index is 10.7. The second-order valence-corrected chi connectivity index (χ2v) is 8.62. The van der Waals surface area contributed by atoms with Crippen molar-refractivity contribution in [2.24, 2.45) is 5.41 Å². The molecule has 1 aliphatic carbocycles. The highest BCUT2D eigenvalue weighted by atomic mass is 16.3. The van der Waals surface area contributed by atoms with Crippen molar-refractivity contribution in [1.82, 2.24) is 0 Å². The molecule has 3 nitrogen and oxygen atoms in total. The smallest absolute Gasteiger partial charge is 0.0931 e. The molecule has 0 amide bonds. The van der Waals surface area contributed by atoms with Gasteiger partial charge in [-0.3, -0.25) is 0 Å². The average Bonchev–Trinajstić information content (AvgIpc) is 2.55. The van der Waals surface area contributed by atoms with Gasteiger partial charge in [0.1, 0.15) is 0 Å². The summed E-state index contributed by atoms with van der Waals surface area (Å²) in [6, 6.07) is 0. The van der Waals surface area contributed by atoms with Crippen LogP contribution in [0.15, 0.2) is 76.6 Å². The van der Waals surface area contributed by atoms with Gasteiger partial charge >= 0.3 is 0 Å². The van der Waals surface area contributed by atoms with Crippen LogP contribution in [0.5, 0.6) is 0 Å². The molecule has 0 bridgehead atoms. The molecule has 0 aliphatic heterocycles. The molecule has 0 aromatic heterocycles. The van der Waals surface area contributed by atoms with E-state index in [0.29, 0.717) is 12.8 Å². The second kappa shape index (κ2) is 10.6. The number of hydrogen-bond donors (Lipinski definition) is 3. The van der Waals surface area contributed by atoms with Crippen molar-refractivity contribution in [2.45, 2.75) is 66.1 Å². The van der Waals surface area contributed by atoms with Gasteiger partial charge in [-0.2, -0.15) is 0 Å². The minimum atomic E-state index is -1.04. The number of aliphatic hydroxyl groups is 3. The fourth-order valence-corrected chi connectivity index (χ4v) is 3.53. The lowest BCUT2D eigenvalue weighted by Gasteiger charge is -2.43. The van der Waals surface area contributed by atoms with Gasteiger partial charge < -0.3 is 15.3 Å². The van der Waals surface area contributed by atoms with Crippen LogP contribution in [-0.2, 0) is 0 Å². The molecule has 0 aromatic rings. The molecule has 1 fully saturated rings. The van der Waals surface area contributed by atoms with E-state index >= 15 is 0 Å². The van der Waals surface area contributed by atoms with E-state index in [0.717, 1.165) is 22.3 Å². The molecule has 0 spiro atoms. The van der Waals surface area contributed by atoms with Crippen molar-refractivity contribution in [3.63, 3.8) is 0 Å². The summed E-state index contributed by atoms with van der Waals surface area (Å²) in [4.78, 5) is 0. The lowest BCUT2D eigenvalue weighted by atomic mass is 9.65. The van der Waals surface area contributed by atoms with Gasteiger partial charge in [-0.05, 0) is 56.8 Å². The Balaban J connectivity index is 2.88. The highest BCUT2D eigenvalue weighted by molar-refractivity contribution is 5.32. The number of aliphatic hydroxyl groups excluding tert-OH is 2. The Labute approximate surface area is 170 Å². The van der Waals surface area contributed by atoms with Crippen molar-refractivity contribution in [3.8, 4) is 0 Å². The number of hydrogen-bond acceptors (Lipinski definition) is 3. The summed E-state index contributed by atoms with van der Waals surface area (Å²) < 4.78 is 0. The van der Waals surface area contributed by atoms with Crippen LogP contribution in [-0.4, -0.2) is 33.6 Å². The Morgan fingerprint density at radius 1 is 1.00 bits per heavy atom. The summed E-state index contributed by atoms with van der Waals surface area (Å²) in [7, 11) is 0. The molecule has 1 saturated carbocycles. The zero-order chi connectivity index (χ0) is 21.4. The van der Waals surface area contributed by atoms with Crippen molar-refractivity contribution in [3.05, 3.63) is 76.6 Å². The molecule has 1 aliphatic rings. The second-order valence-electron chi connectivity index (χ2n) is 8.62. The maximum atomic E-state index is 10.7. The first-order valence-electron chi connectivity index (χ1n) is 9.82. The third kappa shape index (κ3) is 8.00. The first-order chi connectivity index (χ1) is 13.0. The monoisotopic (exact) mass is 384 g/mol. The lowest BCUT2D eigenvalue weighted by Crippen LogP contribution is -2.45.